The Morgan fingerprint density at radius 1 is 1.26 bits per heavy atom. The number of hydrogen-bond acceptors (Lipinski definition) is 2. The van der Waals surface area contributed by atoms with Crippen molar-refractivity contribution in [1.29, 1.82) is 0 Å². The van der Waals surface area contributed by atoms with Crippen molar-refractivity contribution in [3.8, 4) is 0 Å². The lowest BCUT2D eigenvalue weighted by atomic mass is 10.0. The zero-order chi connectivity index (χ0) is 14.4. The third-order valence-electron chi connectivity index (χ3n) is 3.53. The maximum absolute atomic E-state index is 5.98. The second-order valence-corrected chi connectivity index (χ2v) is 6.42. The van der Waals surface area contributed by atoms with Crippen LogP contribution in [0.2, 0.25) is 0 Å². The Labute approximate surface area is 126 Å². The van der Waals surface area contributed by atoms with E-state index in [-0.39, 0.29) is 6.04 Å². The number of nitrogens with zero attached hydrogens (tertiary/aromatic N) is 1. The molecule has 3 heteroatoms. The molecule has 0 aromatic heterocycles. The summed E-state index contributed by atoms with van der Waals surface area (Å²) in [7, 11) is 0. The molecule has 2 nitrogen and oxygen atoms in total. The first-order valence-electron chi connectivity index (χ1n) is 7.26. The molecular formula is C16H27BrN2. The van der Waals surface area contributed by atoms with E-state index >= 15 is 0 Å². The predicted octanol–water partition coefficient (Wildman–Crippen LogP) is 4.21. The van der Waals surface area contributed by atoms with Crippen molar-refractivity contribution in [2.75, 3.05) is 18.0 Å². The second-order valence-electron chi connectivity index (χ2n) is 5.51. The Morgan fingerprint density at radius 3 is 2.47 bits per heavy atom. The van der Waals surface area contributed by atoms with Crippen LogP contribution < -0.4 is 10.6 Å². The average molecular weight is 327 g/mol. The standard InChI is InChI=1S/C16H27BrN2/c1-5-12(3)11-19(6-2)16-8-7-15(17)10-14(16)9-13(4)18/h7-8,10,12-13H,5-6,9,11,18H2,1-4H3. The lowest BCUT2D eigenvalue weighted by molar-refractivity contribution is 0.546. The number of benzene rings is 1. The Hall–Kier alpha value is -0.540. The van der Waals surface area contributed by atoms with Crippen LogP contribution in [-0.4, -0.2) is 19.1 Å². The van der Waals surface area contributed by atoms with Crippen LogP contribution in [0.3, 0.4) is 0 Å². The number of hydrogen-bond donors (Lipinski definition) is 1. The molecule has 19 heavy (non-hydrogen) atoms. The van der Waals surface area contributed by atoms with E-state index in [0.717, 1.165) is 24.0 Å². The molecule has 0 spiro atoms. The van der Waals surface area contributed by atoms with E-state index in [1.165, 1.54) is 17.7 Å². The predicted molar refractivity (Wildman–Crippen MR) is 88.8 cm³/mol. The van der Waals surface area contributed by atoms with Gasteiger partial charge in [0.25, 0.3) is 0 Å². The lowest BCUT2D eigenvalue weighted by Crippen LogP contribution is -2.30. The molecule has 0 saturated carbocycles. The highest BCUT2D eigenvalue weighted by Crippen LogP contribution is 2.26. The van der Waals surface area contributed by atoms with Gasteiger partial charge in [0.2, 0.25) is 0 Å². The zero-order valence-corrected chi connectivity index (χ0v) is 14.2. The monoisotopic (exact) mass is 326 g/mol. The molecule has 108 valence electrons. The smallest absolute Gasteiger partial charge is 0.0400 e. The van der Waals surface area contributed by atoms with Crippen LogP contribution in [0.4, 0.5) is 5.69 Å². The summed E-state index contributed by atoms with van der Waals surface area (Å²) in [5.41, 5.74) is 8.66. The summed E-state index contributed by atoms with van der Waals surface area (Å²) in [5.74, 6) is 0.715. The lowest BCUT2D eigenvalue weighted by Gasteiger charge is -2.29. The first kappa shape index (κ1) is 16.5. The van der Waals surface area contributed by atoms with Crippen molar-refractivity contribution in [2.24, 2.45) is 11.7 Å². The Bertz CT molecular complexity index is 390. The molecule has 0 saturated heterocycles. The summed E-state index contributed by atoms with van der Waals surface area (Å²) in [6.45, 7) is 11.0. The van der Waals surface area contributed by atoms with Crippen molar-refractivity contribution >= 4 is 21.6 Å². The van der Waals surface area contributed by atoms with Crippen molar-refractivity contribution < 1.29 is 0 Å². The molecule has 2 atom stereocenters. The number of rotatable bonds is 7. The summed E-state index contributed by atoms with van der Waals surface area (Å²) in [6, 6.07) is 6.74. The molecule has 0 bridgehead atoms. The van der Waals surface area contributed by atoms with Gasteiger partial charge in [0.1, 0.15) is 0 Å². The van der Waals surface area contributed by atoms with Crippen LogP contribution in [0.15, 0.2) is 22.7 Å². The maximum Gasteiger partial charge on any atom is 0.0400 e. The van der Waals surface area contributed by atoms with Crippen LogP contribution in [0.1, 0.15) is 39.7 Å². The van der Waals surface area contributed by atoms with Crippen LogP contribution >= 0.6 is 15.9 Å². The van der Waals surface area contributed by atoms with E-state index in [1.807, 2.05) is 0 Å². The highest BCUT2D eigenvalue weighted by molar-refractivity contribution is 9.10. The fraction of sp³-hybridized carbons (Fsp3) is 0.625. The molecule has 2 N–H and O–H groups in total. The fourth-order valence-corrected chi connectivity index (χ4v) is 2.68. The van der Waals surface area contributed by atoms with Crippen LogP contribution in [-0.2, 0) is 6.42 Å². The van der Waals surface area contributed by atoms with Crippen LogP contribution in [0.5, 0.6) is 0 Å². The van der Waals surface area contributed by atoms with E-state index < -0.39 is 0 Å². The summed E-state index contributed by atoms with van der Waals surface area (Å²) >= 11 is 3.56. The van der Waals surface area contributed by atoms with E-state index in [9.17, 15) is 0 Å². The minimum absolute atomic E-state index is 0.190. The molecule has 0 heterocycles. The first-order chi connectivity index (χ1) is 8.97. The zero-order valence-electron chi connectivity index (χ0n) is 12.6. The minimum atomic E-state index is 0.190. The van der Waals surface area contributed by atoms with Crippen molar-refractivity contribution in [3.05, 3.63) is 28.2 Å². The topological polar surface area (TPSA) is 29.3 Å². The molecule has 0 aliphatic carbocycles. The van der Waals surface area contributed by atoms with Gasteiger partial charge in [-0.1, -0.05) is 36.2 Å². The quantitative estimate of drug-likeness (QED) is 0.813. The Balaban J connectivity index is 3.01. The van der Waals surface area contributed by atoms with Gasteiger partial charge in [-0.2, -0.15) is 0 Å². The van der Waals surface area contributed by atoms with Gasteiger partial charge in [-0.05, 0) is 49.9 Å². The Morgan fingerprint density at radius 2 is 1.95 bits per heavy atom. The molecule has 0 aliphatic rings. The summed E-state index contributed by atoms with van der Waals surface area (Å²) in [4.78, 5) is 2.47. The largest absolute Gasteiger partial charge is 0.371 e. The normalized spacial score (nSPS) is 14.2. The summed E-state index contributed by atoms with van der Waals surface area (Å²) < 4.78 is 1.13. The number of nitrogens with two attached hydrogens (primary N) is 1. The molecule has 0 fully saturated rings. The van der Waals surface area contributed by atoms with E-state index in [0.29, 0.717) is 5.92 Å². The summed E-state index contributed by atoms with van der Waals surface area (Å²) in [5, 5.41) is 0. The number of halogens is 1. The fourth-order valence-electron chi connectivity index (χ4n) is 2.28. The van der Waals surface area contributed by atoms with Crippen molar-refractivity contribution in [2.45, 2.75) is 46.6 Å². The van der Waals surface area contributed by atoms with Crippen LogP contribution in [0.25, 0.3) is 0 Å². The molecule has 1 aromatic carbocycles. The third-order valence-corrected chi connectivity index (χ3v) is 4.03. The average Bonchev–Trinajstić information content (AvgIpc) is 2.35. The number of anilines is 1. The van der Waals surface area contributed by atoms with Crippen molar-refractivity contribution in [1.82, 2.24) is 0 Å². The summed E-state index contributed by atoms with van der Waals surface area (Å²) in [6.07, 6.45) is 2.14. The molecule has 0 amide bonds. The van der Waals surface area contributed by atoms with Gasteiger partial charge in [0.05, 0.1) is 0 Å². The molecular weight excluding hydrogens is 300 g/mol. The van der Waals surface area contributed by atoms with E-state index in [1.54, 1.807) is 0 Å². The van der Waals surface area contributed by atoms with Gasteiger partial charge >= 0.3 is 0 Å². The van der Waals surface area contributed by atoms with Gasteiger partial charge < -0.3 is 10.6 Å². The van der Waals surface area contributed by atoms with E-state index in [4.69, 9.17) is 5.73 Å². The third kappa shape index (κ3) is 5.15. The Kier molecular flexibility index (Phi) is 6.87. The van der Waals surface area contributed by atoms with Gasteiger partial charge in [-0.3, -0.25) is 0 Å². The maximum atomic E-state index is 5.98. The highest BCUT2D eigenvalue weighted by atomic mass is 79.9. The highest BCUT2D eigenvalue weighted by Gasteiger charge is 2.13. The molecule has 2 unspecified atom stereocenters. The molecule has 1 aromatic rings. The van der Waals surface area contributed by atoms with E-state index in [2.05, 4.69) is 66.7 Å². The second kappa shape index (κ2) is 7.91. The molecule has 0 aliphatic heterocycles. The first-order valence-corrected chi connectivity index (χ1v) is 8.06. The molecule has 1 rings (SSSR count). The van der Waals surface area contributed by atoms with Gasteiger partial charge in [-0.25, -0.2) is 0 Å². The molecule has 0 radical (unpaired) electrons. The van der Waals surface area contributed by atoms with Gasteiger partial charge in [0.15, 0.2) is 0 Å². The van der Waals surface area contributed by atoms with Gasteiger partial charge in [0, 0.05) is 29.3 Å². The van der Waals surface area contributed by atoms with Crippen molar-refractivity contribution in [3.63, 3.8) is 0 Å². The van der Waals surface area contributed by atoms with Crippen LogP contribution in [0, 0.1) is 5.92 Å². The minimum Gasteiger partial charge on any atom is -0.371 e. The SMILES string of the molecule is CCC(C)CN(CC)c1ccc(Br)cc1CC(C)N. The van der Waals surface area contributed by atoms with Gasteiger partial charge in [-0.15, -0.1) is 0 Å².